The van der Waals surface area contributed by atoms with Crippen molar-refractivity contribution in [1.29, 1.82) is 0 Å². The standard InChI is InChI=1S/C10H13F.C10H14.2C2H6/c1-7(2)9-5-4-8(3)6-10(9)11;1-8(2)10-6-4-9(3)5-7-10;2*1-2/h4-7H,1-3H3;4-8H,1-3H3;2*1-2H3. The van der Waals surface area contributed by atoms with Gasteiger partial charge in [0.1, 0.15) is 5.82 Å². The highest BCUT2D eigenvalue weighted by Gasteiger charge is 2.04. The molecule has 0 heterocycles. The lowest BCUT2D eigenvalue weighted by molar-refractivity contribution is 0.597. The van der Waals surface area contributed by atoms with Crippen LogP contribution in [0.25, 0.3) is 0 Å². The zero-order valence-corrected chi connectivity index (χ0v) is 18.1. The van der Waals surface area contributed by atoms with Gasteiger partial charge in [-0.15, -0.1) is 0 Å². The summed E-state index contributed by atoms with van der Waals surface area (Å²) in [5.74, 6) is 0.844. The number of hydrogen-bond acceptors (Lipinski definition) is 0. The van der Waals surface area contributed by atoms with Gasteiger partial charge in [-0.1, -0.05) is 97.4 Å². The molecule has 0 nitrogen and oxygen atoms in total. The fourth-order valence-electron chi connectivity index (χ4n) is 2.05. The van der Waals surface area contributed by atoms with Crippen LogP contribution < -0.4 is 0 Å². The maximum atomic E-state index is 13.1. The Hall–Kier alpha value is -1.63. The molecule has 2 aromatic carbocycles. The molecule has 0 bridgehead atoms. The molecule has 0 fully saturated rings. The maximum Gasteiger partial charge on any atom is 0.126 e. The van der Waals surface area contributed by atoms with Gasteiger partial charge in [0.15, 0.2) is 0 Å². The lowest BCUT2D eigenvalue weighted by atomic mass is 10.0. The van der Waals surface area contributed by atoms with Crippen molar-refractivity contribution in [3.05, 3.63) is 70.5 Å². The third kappa shape index (κ3) is 10.8. The molecule has 1 heteroatoms. The van der Waals surface area contributed by atoms with E-state index in [-0.39, 0.29) is 11.7 Å². The number of hydrogen-bond donors (Lipinski definition) is 0. The number of aryl methyl sites for hydroxylation is 2. The molecule has 0 saturated heterocycles. The number of halogens is 1. The molecule has 0 aliphatic heterocycles. The minimum Gasteiger partial charge on any atom is -0.207 e. The Morgan fingerprint density at radius 3 is 1.44 bits per heavy atom. The highest BCUT2D eigenvalue weighted by Crippen LogP contribution is 2.18. The summed E-state index contributed by atoms with van der Waals surface area (Å²) in [6.45, 7) is 20.4. The zero-order chi connectivity index (χ0) is 20.0. The monoisotopic (exact) mass is 346 g/mol. The predicted octanol–water partition coefficient (Wildman–Crippen LogP) is 8.43. The van der Waals surface area contributed by atoms with Gasteiger partial charge in [0.05, 0.1) is 0 Å². The Morgan fingerprint density at radius 2 is 1.08 bits per heavy atom. The van der Waals surface area contributed by atoms with Gasteiger partial charge in [-0.2, -0.15) is 0 Å². The molecule has 0 unspecified atom stereocenters. The quantitative estimate of drug-likeness (QED) is 0.512. The van der Waals surface area contributed by atoms with Crippen molar-refractivity contribution < 1.29 is 4.39 Å². The van der Waals surface area contributed by atoms with Crippen LogP contribution in [-0.4, -0.2) is 0 Å². The molecule has 0 spiro atoms. The molecule has 142 valence electrons. The van der Waals surface area contributed by atoms with Crippen LogP contribution in [-0.2, 0) is 0 Å². The van der Waals surface area contributed by atoms with E-state index >= 15 is 0 Å². The summed E-state index contributed by atoms with van der Waals surface area (Å²) in [6.07, 6.45) is 0. The van der Waals surface area contributed by atoms with Crippen LogP contribution in [0.4, 0.5) is 4.39 Å². The van der Waals surface area contributed by atoms with E-state index < -0.39 is 0 Å². The van der Waals surface area contributed by atoms with Crippen molar-refractivity contribution in [1.82, 2.24) is 0 Å². The largest absolute Gasteiger partial charge is 0.207 e. The van der Waals surface area contributed by atoms with Crippen LogP contribution >= 0.6 is 0 Å². The first kappa shape index (κ1) is 25.6. The average Bonchev–Trinajstić information content (AvgIpc) is 2.59. The molecular formula is C24H39F. The van der Waals surface area contributed by atoms with Crippen LogP contribution in [0.3, 0.4) is 0 Å². The third-order valence-corrected chi connectivity index (χ3v) is 3.52. The fraction of sp³-hybridized carbons (Fsp3) is 0.500. The Bertz CT molecular complexity index is 551. The summed E-state index contributed by atoms with van der Waals surface area (Å²) in [4.78, 5) is 0. The van der Waals surface area contributed by atoms with Gasteiger partial charge in [0, 0.05) is 0 Å². The SMILES string of the molecule is CC.CC.Cc1ccc(C(C)C)c(F)c1.Cc1ccc(C(C)C)cc1. The molecule has 0 amide bonds. The summed E-state index contributed by atoms with van der Waals surface area (Å²) in [6, 6.07) is 14.1. The summed E-state index contributed by atoms with van der Waals surface area (Å²) >= 11 is 0. The minimum atomic E-state index is -0.0833. The lowest BCUT2D eigenvalue weighted by Gasteiger charge is -2.06. The van der Waals surface area contributed by atoms with Crippen LogP contribution in [0, 0.1) is 19.7 Å². The second-order valence-corrected chi connectivity index (χ2v) is 6.25. The topological polar surface area (TPSA) is 0 Å². The van der Waals surface area contributed by atoms with Crippen molar-refractivity contribution in [3.63, 3.8) is 0 Å². The van der Waals surface area contributed by atoms with Gasteiger partial charge in [0.2, 0.25) is 0 Å². The molecule has 0 N–H and O–H groups in total. The summed E-state index contributed by atoms with van der Waals surface area (Å²) in [7, 11) is 0. The molecule has 0 aliphatic rings. The summed E-state index contributed by atoms with van der Waals surface area (Å²) < 4.78 is 13.1. The highest BCUT2D eigenvalue weighted by molar-refractivity contribution is 5.25. The van der Waals surface area contributed by atoms with Crippen molar-refractivity contribution in [2.75, 3.05) is 0 Å². The smallest absolute Gasteiger partial charge is 0.126 e. The molecule has 0 aromatic heterocycles. The van der Waals surface area contributed by atoms with E-state index in [2.05, 4.69) is 45.0 Å². The molecule has 0 radical (unpaired) electrons. The van der Waals surface area contributed by atoms with Crippen molar-refractivity contribution in [2.45, 2.75) is 81.1 Å². The minimum absolute atomic E-state index is 0.0833. The van der Waals surface area contributed by atoms with E-state index in [1.807, 2.05) is 60.6 Å². The predicted molar refractivity (Wildman–Crippen MR) is 113 cm³/mol. The molecular weight excluding hydrogens is 307 g/mol. The third-order valence-electron chi connectivity index (χ3n) is 3.52. The van der Waals surface area contributed by atoms with Crippen LogP contribution in [0.1, 0.15) is 89.5 Å². The van der Waals surface area contributed by atoms with E-state index in [9.17, 15) is 4.39 Å². The maximum absolute atomic E-state index is 13.1. The lowest BCUT2D eigenvalue weighted by Crippen LogP contribution is -1.92. The van der Waals surface area contributed by atoms with Gasteiger partial charge in [0.25, 0.3) is 0 Å². The molecule has 2 rings (SSSR count). The number of benzene rings is 2. The van der Waals surface area contributed by atoms with Crippen LogP contribution in [0.2, 0.25) is 0 Å². The van der Waals surface area contributed by atoms with Crippen molar-refractivity contribution in [2.24, 2.45) is 0 Å². The average molecular weight is 347 g/mol. The molecule has 0 aliphatic carbocycles. The molecule has 0 atom stereocenters. The van der Waals surface area contributed by atoms with Gasteiger partial charge in [-0.05, 0) is 48.4 Å². The highest BCUT2D eigenvalue weighted by atomic mass is 19.1. The first-order chi connectivity index (χ1) is 11.8. The second kappa shape index (κ2) is 14.7. The van der Waals surface area contributed by atoms with Crippen molar-refractivity contribution in [3.8, 4) is 0 Å². The first-order valence-corrected chi connectivity index (χ1v) is 9.64. The Labute approximate surface area is 156 Å². The Balaban J connectivity index is 0. The van der Waals surface area contributed by atoms with E-state index in [1.165, 1.54) is 11.1 Å². The summed E-state index contributed by atoms with van der Waals surface area (Å²) in [5, 5.41) is 0. The Kier molecular flexibility index (Phi) is 15.0. The van der Waals surface area contributed by atoms with Gasteiger partial charge < -0.3 is 0 Å². The molecule has 25 heavy (non-hydrogen) atoms. The first-order valence-electron chi connectivity index (χ1n) is 9.64. The molecule has 2 aromatic rings. The van der Waals surface area contributed by atoms with Gasteiger partial charge >= 0.3 is 0 Å². The van der Waals surface area contributed by atoms with Crippen LogP contribution in [0.5, 0.6) is 0 Å². The number of rotatable bonds is 2. The van der Waals surface area contributed by atoms with E-state index in [1.54, 1.807) is 6.07 Å². The van der Waals surface area contributed by atoms with Crippen LogP contribution in [0.15, 0.2) is 42.5 Å². The zero-order valence-electron chi connectivity index (χ0n) is 18.1. The van der Waals surface area contributed by atoms with Gasteiger partial charge in [-0.25, -0.2) is 4.39 Å². The normalized spacial score (nSPS) is 9.32. The van der Waals surface area contributed by atoms with Gasteiger partial charge in [-0.3, -0.25) is 0 Å². The fourth-order valence-corrected chi connectivity index (χ4v) is 2.05. The van der Waals surface area contributed by atoms with E-state index in [0.29, 0.717) is 5.92 Å². The van der Waals surface area contributed by atoms with Crippen molar-refractivity contribution >= 4 is 0 Å². The van der Waals surface area contributed by atoms with E-state index in [0.717, 1.165) is 11.1 Å². The second-order valence-electron chi connectivity index (χ2n) is 6.25. The molecule has 0 saturated carbocycles. The Morgan fingerprint density at radius 1 is 0.640 bits per heavy atom. The van der Waals surface area contributed by atoms with E-state index in [4.69, 9.17) is 0 Å². The summed E-state index contributed by atoms with van der Waals surface area (Å²) in [5.41, 5.74) is 4.54.